The maximum Gasteiger partial charge on any atom is 0.138 e. The Morgan fingerprint density at radius 3 is 2.74 bits per heavy atom. The summed E-state index contributed by atoms with van der Waals surface area (Å²) in [5.41, 5.74) is 10.1. The van der Waals surface area contributed by atoms with Gasteiger partial charge < -0.3 is 5.73 Å². The van der Waals surface area contributed by atoms with E-state index in [4.69, 9.17) is 5.73 Å². The Kier molecular flexibility index (Phi) is 2.76. The molecule has 0 aliphatic heterocycles. The SMILES string of the molecule is Cc1ccccc1-c1cc(-n2ccnc2)ncc1N. The molecule has 2 heterocycles. The summed E-state index contributed by atoms with van der Waals surface area (Å²) in [6.45, 7) is 2.08. The van der Waals surface area contributed by atoms with Crippen molar-refractivity contribution in [2.45, 2.75) is 6.92 Å². The second kappa shape index (κ2) is 4.57. The fraction of sp³-hybridized carbons (Fsp3) is 0.0667. The molecular weight excluding hydrogens is 236 g/mol. The van der Waals surface area contributed by atoms with Crippen molar-refractivity contribution >= 4 is 5.69 Å². The van der Waals surface area contributed by atoms with E-state index in [0.29, 0.717) is 5.69 Å². The topological polar surface area (TPSA) is 56.7 Å². The largest absolute Gasteiger partial charge is 0.397 e. The highest BCUT2D eigenvalue weighted by Crippen LogP contribution is 2.29. The van der Waals surface area contributed by atoms with Gasteiger partial charge in [0.1, 0.15) is 12.1 Å². The zero-order valence-corrected chi connectivity index (χ0v) is 10.6. The van der Waals surface area contributed by atoms with Crippen LogP contribution in [0.4, 0.5) is 5.69 Å². The number of hydrogen-bond acceptors (Lipinski definition) is 3. The highest BCUT2D eigenvalue weighted by atomic mass is 15.1. The van der Waals surface area contributed by atoms with Gasteiger partial charge in [-0.1, -0.05) is 24.3 Å². The number of rotatable bonds is 2. The maximum atomic E-state index is 6.06. The van der Waals surface area contributed by atoms with Crippen LogP contribution in [0.25, 0.3) is 16.9 Å². The molecule has 3 rings (SSSR count). The van der Waals surface area contributed by atoms with E-state index in [2.05, 4.69) is 29.0 Å². The molecule has 2 N–H and O–H groups in total. The molecule has 2 aromatic heterocycles. The molecule has 0 saturated heterocycles. The van der Waals surface area contributed by atoms with Crippen molar-refractivity contribution in [1.29, 1.82) is 0 Å². The smallest absolute Gasteiger partial charge is 0.138 e. The maximum absolute atomic E-state index is 6.06. The molecule has 0 fully saturated rings. The van der Waals surface area contributed by atoms with Crippen LogP contribution in [0.15, 0.2) is 55.2 Å². The number of anilines is 1. The summed E-state index contributed by atoms with van der Waals surface area (Å²) in [6, 6.07) is 10.2. The van der Waals surface area contributed by atoms with Crippen LogP contribution in [0.5, 0.6) is 0 Å². The highest BCUT2D eigenvalue weighted by molar-refractivity contribution is 5.78. The Balaban J connectivity index is 2.17. The minimum absolute atomic E-state index is 0.679. The first-order chi connectivity index (χ1) is 9.25. The van der Waals surface area contributed by atoms with Crippen LogP contribution < -0.4 is 5.73 Å². The second-order valence-corrected chi connectivity index (χ2v) is 4.41. The third-order valence-electron chi connectivity index (χ3n) is 3.12. The molecule has 4 nitrogen and oxygen atoms in total. The quantitative estimate of drug-likeness (QED) is 0.760. The van der Waals surface area contributed by atoms with E-state index in [-0.39, 0.29) is 0 Å². The molecule has 3 aromatic rings. The third-order valence-corrected chi connectivity index (χ3v) is 3.12. The van der Waals surface area contributed by atoms with Crippen LogP contribution >= 0.6 is 0 Å². The molecule has 0 aliphatic carbocycles. The molecule has 4 heteroatoms. The molecule has 0 spiro atoms. The number of pyridine rings is 1. The average Bonchev–Trinajstić information content (AvgIpc) is 2.94. The summed E-state index contributed by atoms with van der Waals surface area (Å²) < 4.78 is 1.86. The fourth-order valence-electron chi connectivity index (χ4n) is 2.10. The van der Waals surface area contributed by atoms with Crippen LogP contribution in [0, 0.1) is 6.92 Å². The molecule has 0 atom stereocenters. The van der Waals surface area contributed by atoms with Crippen molar-refractivity contribution in [2.24, 2.45) is 0 Å². The van der Waals surface area contributed by atoms with Gasteiger partial charge in [-0.05, 0) is 24.1 Å². The molecule has 0 aliphatic rings. The van der Waals surface area contributed by atoms with Gasteiger partial charge in [-0.25, -0.2) is 9.97 Å². The minimum Gasteiger partial charge on any atom is -0.397 e. The van der Waals surface area contributed by atoms with Crippen molar-refractivity contribution in [3.05, 3.63) is 60.8 Å². The van der Waals surface area contributed by atoms with Gasteiger partial charge in [0.2, 0.25) is 0 Å². The molecule has 1 aromatic carbocycles. The summed E-state index contributed by atoms with van der Waals surface area (Å²) in [7, 11) is 0. The summed E-state index contributed by atoms with van der Waals surface area (Å²) in [4.78, 5) is 8.37. The van der Waals surface area contributed by atoms with Crippen LogP contribution in [-0.4, -0.2) is 14.5 Å². The van der Waals surface area contributed by atoms with Crippen molar-refractivity contribution in [1.82, 2.24) is 14.5 Å². The summed E-state index contributed by atoms with van der Waals surface area (Å²) in [5.74, 6) is 0.810. The number of imidazole rings is 1. The van der Waals surface area contributed by atoms with Crippen LogP contribution in [0.2, 0.25) is 0 Å². The molecule has 0 bridgehead atoms. The van der Waals surface area contributed by atoms with Gasteiger partial charge >= 0.3 is 0 Å². The lowest BCUT2D eigenvalue weighted by molar-refractivity contribution is 0.995. The first-order valence-corrected chi connectivity index (χ1v) is 6.05. The Bertz CT molecular complexity index is 702. The second-order valence-electron chi connectivity index (χ2n) is 4.41. The van der Waals surface area contributed by atoms with E-state index in [0.717, 1.165) is 16.9 Å². The van der Waals surface area contributed by atoms with Gasteiger partial charge in [0.05, 0.1) is 11.9 Å². The fourth-order valence-corrected chi connectivity index (χ4v) is 2.10. The molecular formula is C15H14N4. The zero-order valence-electron chi connectivity index (χ0n) is 10.6. The molecule has 94 valence electrons. The normalized spacial score (nSPS) is 10.6. The van der Waals surface area contributed by atoms with Crippen molar-refractivity contribution in [3.63, 3.8) is 0 Å². The Morgan fingerprint density at radius 1 is 1.16 bits per heavy atom. The lowest BCUT2D eigenvalue weighted by Crippen LogP contribution is -1.99. The first-order valence-electron chi connectivity index (χ1n) is 6.05. The third kappa shape index (κ3) is 2.08. The Morgan fingerprint density at radius 2 is 2.00 bits per heavy atom. The predicted molar refractivity (Wildman–Crippen MR) is 75.9 cm³/mol. The van der Waals surface area contributed by atoms with Gasteiger partial charge in [0.15, 0.2) is 0 Å². The highest BCUT2D eigenvalue weighted by Gasteiger charge is 2.08. The molecule has 0 radical (unpaired) electrons. The van der Waals surface area contributed by atoms with Crippen molar-refractivity contribution < 1.29 is 0 Å². The van der Waals surface area contributed by atoms with Gasteiger partial charge in [-0.15, -0.1) is 0 Å². The van der Waals surface area contributed by atoms with Gasteiger partial charge in [-0.3, -0.25) is 4.57 Å². The number of aromatic nitrogens is 3. The van der Waals surface area contributed by atoms with Crippen LogP contribution in [-0.2, 0) is 0 Å². The zero-order chi connectivity index (χ0) is 13.2. The number of hydrogen-bond donors (Lipinski definition) is 1. The predicted octanol–water partition coefficient (Wildman–Crippen LogP) is 2.82. The number of aryl methyl sites for hydroxylation is 1. The summed E-state index contributed by atoms with van der Waals surface area (Å²) in [5, 5.41) is 0. The Hall–Kier alpha value is -2.62. The standard InChI is InChI=1S/C15H14N4/c1-11-4-2-3-5-12(11)13-8-15(18-9-14(13)16)19-7-6-17-10-19/h2-10H,16H2,1H3. The number of nitrogens with zero attached hydrogens (tertiary/aromatic N) is 3. The molecule has 0 amide bonds. The first kappa shape index (κ1) is 11.5. The molecule has 19 heavy (non-hydrogen) atoms. The van der Waals surface area contributed by atoms with Crippen molar-refractivity contribution in [2.75, 3.05) is 5.73 Å². The van der Waals surface area contributed by atoms with Gasteiger partial charge in [0.25, 0.3) is 0 Å². The summed E-state index contributed by atoms with van der Waals surface area (Å²) >= 11 is 0. The molecule has 0 unspecified atom stereocenters. The molecule has 0 saturated carbocycles. The number of nitrogens with two attached hydrogens (primary N) is 1. The summed E-state index contributed by atoms with van der Waals surface area (Å²) in [6.07, 6.45) is 7.00. The van der Waals surface area contributed by atoms with Gasteiger partial charge in [0, 0.05) is 18.0 Å². The average molecular weight is 250 g/mol. The van der Waals surface area contributed by atoms with Gasteiger partial charge in [-0.2, -0.15) is 0 Å². The Labute approximate surface area is 111 Å². The van der Waals surface area contributed by atoms with E-state index in [1.54, 1.807) is 18.7 Å². The number of nitrogen functional groups attached to an aromatic ring is 1. The van der Waals surface area contributed by atoms with Crippen molar-refractivity contribution in [3.8, 4) is 16.9 Å². The van der Waals surface area contributed by atoms with E-state index < -0.39 is 0 Å². The number of benzene rings is 1. The van der Waals surface area contributed by atoms with Crippen LogP contribution in [0.1, 0.15) is 5.56 Å². The lowest BCUT2D eigenvalue weighted by atomic mass is 10.0. The van der Waals surface area contributed by atoms with Crippen LogP contribution in [0.3, 0.4) is 0 Å². The van der Waals surface area contributed by atoms with E-state index in [9.17, 15) is 0 Å². The van der Waals surface area contributed by atoms with E-state index in [1.165, 1.54) is 5.56 Å². The monoisotopic (exact) mass is 250 g/mol. The minimum atomic E-state index is 0.679. The lowest BCUT2D eigenvalue weighted by Gasteiger charge is -2.10. The van der Waals surface area contributed by atoms with E-state index in [1.807, 2.05) is 29.0 Å². The van der Waals surface area contributed by atoms with E-state index >= 15 is 0 Å².